The number of aliphatic carboxylic acids is 1. The molecule has 13 nitrogen and oxygen atoms in total. The molecule has 1 aromatic carbocycles. The Morgan fingerprint density at radius 1 is 1.09 bits per heavy atom. The first kappa shape index (κ1) is 28.1. The van der Waals surface area contributed by atoms with E-state index in [1.54, 1.807) is 0 Å². The van der Waals surface area contributed by atoms with Gasteiger partial charge in [-0.05, 0) is 24.1 Å². The van der Waals surface area contributed by atoms with Crippen LogP contribution in [0.15, 0.2) is 36.8 Å². The van der Waals surface area contributed by atoms with Gasteiger partial charge < -0.3 is 31.6 Å². The van der Waals surface area contributed by atoms with Crippen molar-refractivity contribution in [2.75, 3.05) is 5.75 Å². The van der Waals surface area contributed by atoms with Crippen LogP contribution in [0.1, 0.15) is 17.7 Å². The number of carbonyl (C=O) groups excluding carboxylic acids is 2. The monoisotopic (exact) mass is 528 g/mol. The number of carbonyl (C=O) groups is 3. The predicted octanol–water partition coefficient (Wildman–Crippen LogP) is -1.74. The van der Waals surface area contributed by atoms with Gasteiger partial charge in [0.2, 0.25) is 21.8 Å². The maximum atomic E-state index is 13.0. The first-order valence-electron chi connectivity index (χ1n) is 10.4. The third-order valence-electron chi connectivity index (χ3n) is 5.01. The maximum Gasteiger partial charge on any atom is 0.326 e. The van der Waals surface area contributed by atoms with Crippen molar-refractivity contribution < 1.29 is 33.0 Å². The van der Waals surface area contributed by atoms with Crippen molar-refractivity contribution in [1.82, 2.24) is 20.6 Å². The molecule has 192 valence electrons. The minimum Gasteiger partial charge on any atom is -0.508 e. The Morgan fingerprint density at radius 3 is 2.26 bits per heavy atom. The third kappa shape index (κ3) is 9.56. The van der Waals surface area contributed by atoms with Crippen LogP contribution >= 0.6 is 12.6 Å². The van der Waals surface area contributed by atoms with Crippen molar-refractivity contribution >= 4 is 40.4 Å². The molecule has 4 atom stereocenters. The number of hydrogen-bond donors (Lipinski definition) is 8. The molecule has 2 aromatic rings. The number of imidazole rings is 1. The van der Waals surface area contributed by atoms with E-state index in [1.165, 1.54) is 36.8 Å². The van der Waals surface area contributed by atoms with Crippen LogP contribution in [-0.2, 0) is 37.2 Å². The summed E-state index contributed by atoms with van der Waals surface area (Å²) >= 11 is 4.15. The molecular formula is C20H28N6O7S2. The first-order chi connectivity index (χ1) is 16.4. The molecule has 4 unspecified atom stereocenters. The Hall–Kier alpha value is -3.14. The second kappa shape index (κ2) is 12.5. The zero-order valence-corrected chi connectivity index (χ0v) is 20.2. The highest BCUT2D eigenvalue weighted by Gasteiger charge is 2.30. The van der Waals surface area contributed by atoms with Crippen molar-refractivity contribution in [2.45, 2.75) is 42.6 Å². The van der Waals surface area contributed by atoms with Crippen LogP contribution in [0.25, 0.3) is 0 Å². The number of aromatic amines is 1. The molecule has 0 spiro atoms. The summed E-state index contributed by atoms with van der Waals surface area (Å²) in [4.78, 5) is 44.0. The Labute approximate surface area is 207 Å². The van der Waals surface area contributed by atoms with Crippen molar-refractivity contribution in [2.24, 2.45) is 10.9 Å². The molecule has 0 bridgehead atoms. The molecule has 2 amide bonds. The molecule has 0 aliphatic heterocycles. The number of nitrogens with one attached hydrogen (secondary N) is 3. The average Bonchev–Trinajstić information content (AvgIpc) is 3.30. The smallest absolute Gasteiger partial charge is 0.326 e. The van der Waals surface area contributed by atoms with E-state index in [0.29, 0.717) is 11.3 Å². The van der Waals surface area contributed by atoms with E-state index in [9.17, 15) is 33.0 Å². The molecule has 0 saturated carbocycles. The predicted molar refractivity (Wildman–Crippen MR) is 129 cm³/mol. The lowest BCUT2D eigenvalue weighted by molar-refractivity contribution is -0.142. The number of rotatable bonds is 13. The van der Waals surface area contributed by atoms with E-state index >= 15 is 0 Å². The minimum atomic E-state index is -3.80. The van der Waals surface area contributed by atoms with Crippen molar-refractivity contribution in [3.05, 3.63) is 48.0 Å². The van der Waals surface area contributed by atoms with Gasteiger partial charge in [0.15, 0.2) is 0 Å². The number of primary sulfonamides is 1. The second-order valence-corrected chi connectivity index (χ2v) is 10.2. The first-order valence-corrected chi connectivity index (χ1v) is 12.6. The van der Waals surface area contributed by atoms with Crippen molar-refractivity contribution in [1.29, 1.82) is 0 Å². The van der Waals surface area contributed by atoms with Crippen molar-refractivity contribution in [3.8, 4) is 5.75 Å². The second-order valence-electron chi connectivity index (χ2n) is 7.88. The number of benzene rings is 1. The lowest BCUT2D eigenvalue weighted by Gasteiger charge is -2.24. The molecule has 0 aliphatic carbocycles. The van der Waals surface area contributed by atoms with E-state index < -0.39 is 56.9 Å². The molecule has 1 aromatic heterocycles. The largest absolute Gasteiger partial charge is 0.508 e. The molecular weight excluding hydrogens is 500 g/mol. The normalized spacial score (nSPS) is 14.9. The van der Waals surface area contributed by atoms with Gasteiger partial charge in [0.1, 0.15) is 17.8 Å². The van der Waals surface area contributed by atoms with Gasteiger partial charge in [-0.15, -0.1) is 0 Å². The SMILES string of the molecule is NC(CCS(N)(=O)=O)C(S)C(=O)NC(Cc1ccc(O)cc1)C(=O)NC(Cc1cnc[nH]1)C(=O)O. The van der Waals surface area contributed by atoms with Gasteiger partial charge in [-0.25, -0.2) is 23.3 Å². The highest BCUT2D eigenvalue weighted by Crippen LogP contribution is 2.13. The lowest BCUT2D eigenvalue weighted by Crippen LogP contribution is -2.55. The Balaban J connectivity index is 2.16. The van der Waals surface area contributed by atoms with Crippen LogP contribution in [0.5, 0.6) is 5.75 Å². The summed E-state index contributed by atoms with van der Waals surface area (Å²) in [5, 5.41) is 27.7. The number of aromatic hydroxyl groups is 1. The van der Waals surface area contributed by atoms with Crippen LogP contribution in [0.4, 0.5) is 0 Å². The molecule has 1 heterocycles. The maximum absolute atomic E-state index is 13.0. The molecule has 0 saturated heterocycles. The Kier molecular flexibility index (Phi) is 10.1. The number of phenolic OH excluding ortho intramolecular Hbond substituents is 1. The lowest BCUT2D eigenvalue weighted by atomic mass is 10.0. The van der Waals surface area contributed by atoms with Crippen LogP contribution in [0, 0.1) is 0 Å². The Morgan fingerprint density at radius 2 is 1.71 bits per heavy atom. The number of carboxylic acids is 1. The van der Waals surface area contributed by atoms with Crippen LogP contribution in [-0.4, -0.2) is 75.5 Å². The van der Waals surface area contributed by atoms with Crippen LogP contribution < -0.4 is 21.5 Å². The number of phenols is 1. The number of thiol groups is 1. The van der Waals surface area contributed by atoms with Gasteiger partial charge in [0, 0.05) is 30.8 Å². The number of hydrogen-bond acceptors (Lipinski definition) is 9. The van der Waals surface area contributed by atoms with E-state index in [-0.39, 0.29) is 25.0 Å². The number of nitrogens with two attached hydrogens (primary N) is 2. The van der Waals surface area contributed by atoms with Crippen molar-refractivity contribution in [3.63, 3.8) is 0 Å². The number of carboxylic acid groups (broad SMARTS) is 1. The topological polar surface area (TPSA) is 231 Å². The fraction of sp³-hybridized carbons (Fsp3) is 0.400. The number of aromatic nitrogens is 2. The van der Waals surface area contributed by atoms with E-state index in [1.807, 2.05) is 0 Å². The molecule has 35 heavy (non-hydrogen) atoms. The number of amides is 2. The molecule has 9 N–H and O–H groups in total. The van der Waals surface area contributed by atoms with Crippen LogP contribution in [0.3, 0.4) is 0 Å². The quantitative estimate of drug-likeness (QED) is 0.138. The molecule has 0 fully saturated rings. The minimum absolute atomic E-state index is 0.000498. The number of nitrogens with zero attached hydrogens (tertiary/aromatic N) is 1. The summed E-state index contributed by atoms with van der Waals surface area (Å²) in [7, 11) is -3.80. The van der Waals surface area contributed by atoms with Gasteiger partial charge in [0.05, 0.1) is 17.3 Å². The van der Waals surface area contributed by atoms with Gasteiger partial charge in [-0.2, -0.15) is 12.6 Å². The highest BCUT2D eigenvalue weighted by atomic mass is 32.2. The summed E-state index contributed by atoms with van der Waals surface area (Å²) in [6.45, 7) is 0. The van der Waals surface area contributed by atoms with E-state index in [4.69, 9.17) is 10.9 Å². The van der Waals surface area contributed by atoms with Gasteiger partial charge in [-0.1, -0.05) is 12.1 Å². The van der Waals surface area contributed by atoms with Crippen LogP contribution in [0.2, 0.25) is 0 Å². The average molecular weight is 529 g/mol. The summed E-state index contributed by atoms with van der Waals surface area (Å²) in [6, 6.07) is 2.35. The summed E-state index contributed by atoms with van der Waals surface area (Å²) in [5.74, 6) is -3.28. The fourth-order valence-corrected chi connectivity index (χ4v) is 3.90. The highest BCUT2D eigenvalue weighted by molar-refractivity contribution is 7.89. The zero-order chi connectivity index (χ0) is 26.2. The summed E-state index contributed by atoms with van der Waals surface area (Å²) in [5.41, 5.74) is 6.92. The fourth-order valence-electron chi connectivity index (χ4n) is 3.08. The van der Waals surface area contributed by atoms with Gasteiger partial charge in [-0.3, -0.25) is 9.59 Å². The number of sulfonamides is 1. The van der Waals surface area contributed by atoms with E-state index in [2.05, 4.69) is 33.2 Å². The standard InChI is InChI=1S/C20H28N6O7S2/c21-14(5-6-35(22,32)33)17(34)19(29)25-15(7-11-1-3-13(27)4-2-11)18(28)26-16(20(30)31)8-12-9-23-10-24-12/h1-4,9-10,14-17,27,34H,5-8,21H2,(H,23,24)(H,25,29)(H,26,28)(H,30,31)(H2,22,32,33). The number of H-pyrrole nitrogens is 1. The summed E-state index contributed by atoms with van der Waals surface area (Å²) < 4.78 is 22.3. The molecule has 0 radical (unpaired) electrons. The Bertz CT molecular complexity index is 1110. The van der Waals surface area contributed by atoms with E-state index in [0.717, 1.165) is 0 Å². The molecule has 0 aliphatic rings. The summed E-state index contributed by atoms with van der Waals surface area (Å²) in [6.07, 6.45) is 2.54. The van der Waals surface area contributed by atoms with Gasteiger partial charge >= 0.3 is 5.97 Å². The molecule has 2 rings (SSSR count). The van der Waals surface area contributed by atoms with Gasteiger partial charge in [0.25, 0.3) is 0 Å². The third-order valence-corrected chi connectivity index (χ3v) is 6.43. The molecule has 15 heteroatoms. The zero-order valence-electron chi connectivity index (χ0n) is 18.5.